The third-order valence-electron chi connectivity index (χ3n) is 3.41. The van der Waals surface area contributed by atoms with Crippen molar-refractivity contribution >= 4 is 5.69 Å². The van der Waals surface area contributed by atoms with Gasteiger partial charge < -0.3 is 5.32 Å². The topological polar surface area (TPSA) is 55.2 Å². The second kappa shape index (κ2) is 5.27. The molecule has 0 radical (unpaired) electrons. The van der Waals surface area contributed by atoms with Crippen molar-refractivity contribution in [1.29, 1.82) is 0 Å². The number of benzene rings is 1. The highest BCUT2D eigenvalue weighted by Crippen LogP contribution is 2.32. The Morgan fingerprint density at radius 1 is 1.35 bits per heavy atom. The lowest BCUT2D eigenvalue weighted by molar-refractivity contribution is -0.385. The van der Waals surface area contributed by atoms with Crippen molar-refractivity contribution < 1.29 is 4.92 Å². The predicted octanol–water partition coefficient (Wildman–Crippen LogP) is 3.11. The Bertz CT molecular complexity index is 410. The molecule has 1 aliphatic heterocycles. The zero-order valence-corrected chi connectivity index (χ0v) is 10.1. The van der Waals surface area contributed by atoms with E-state index < -0.39 is 0 Å². The van der Waals surface area contributed by atoms with Crippen LogP contribution < -0.4 is 5.32 Å². The number of aryl methyl sites for hydroxylation is 1. The van der Waals surface area contributed by atoms with Gasteiger partial charge in [0.25, 0.3) is 5.69 Å². The molecule has 92 valence electrons. The van der Waals surface area contributed by atoms with E-state index in [-0.39, 0.29) is 16.7 Å². The molecule has 2 rings (SSSR count). The first-order valence-corrected chi connectivity index (χ1v) is 6.17. The zero-order chi connectivity index (χ0) is 12.3. The number of rotatable bonds is 2. The average molecular weight is 234 g/mol. The highest BCUT2D eigenvalue weighted by molar-refractivity contribution is 5.47. The number of hydrogen-bond donors (Lipinski definition) is 1. The van der Waals surface area contributed by atoms with Crippen molar-refractivity contribution in [2.75, 3.05) is 6.54 Å². The Balaban J connectivity index is 2.37. The summed E-state index contributed by atoms with van der Waals surface area (Å²) in [6, 6.07) is 5.45. The van der Waals surface area contributed by atoms with Gasteiger partial charge in [0.1, 0.15) is 0 Å². The van der Waals surface area contributed by atoms with Crippen LogP contribution in [-0.2, 0) is 0 Å². The molecule has 4 nitrogen and oxygen atoms in total. The molecule has 1 fully saturated rings. The van der Waals surface area contributed by atoms with E-state index in [9.17, 15) is 10.1 Å². The second-order valence-electron chi connectivity index (χ2n) is 4.62. The SMILES string of the molecule is Cc1cccc([N+](=O)[O-])c1C1CCCCCN1. The van der Waals surface area contributed by atoms with Crippen LogP contribution in [0.3, 0.4) is 0 Å². The fourth-order valence-electron chi connectivity index (χ4n) is 2.55. The number of nitro groups is 1. The smallest absolute Gasteiger partial charge is 0.274 e. The molecule has 0 aliphatic carbocycles. The maximum atomic E-state index is 11.1. The Morgan fingerprint density at radius 3 is 2.94 bits per heavy atom. The van der Waals surface area contributed by atoms with E-state index in [1.165, 1.54) is 6.42 Å². The Labute approximate surface area is 101 Å². The quantitative estimate of drug-likeness (QED) is 0.632. The van der Waals surface area contributed by atoms with E-state index in [1.54, 1.807) is 12.1 Å². The van der Waals surface area contributed by atoms with Gasteiger partial charge in [-0.1, -0.05) is 25.0 Å². The molecule has 4 heteroatoms. The summed E-state index contributed by atoms with van der Waals surface area (Å²) in [6.07, 6.45) is 4.51. The molecule has 1 heterocycles. The van der Waals surface area contributed by atoms with Gasteiger partial charge in [-0.2, -0.15) is 0 Å². The highest BCUT2D eigenvalue weighted by Gasteiger charge is 2.24. The van der Waals surface area contributed by atoms with Crippen molar-refractivity contribution in [3.05, 3.63) is 39.4 Å². The maximum absolute atomic E-state index is 11.1. The normalized spacial score (nSPS) is 20.9. The molecule has 0 bridgehead atoms. The van der Waals surface area contributed by atoms with Crippen molar-refractivity contribution in [2.45, 2.75) is 38.6 Å². The average Bonchev–Trinajstić information content (AvgIpc) is 2.57. The first-order valence-electron chi connectivity index (χ1n) is 6.17. The molecule has 1 N–H and O–H groups in total. The molecule has 1 unspecified atom stereocenters. The summed E-state index contributed by atoms with van der Waals surface area (Å²) in [5.74, 6) is 0. The number of nitro benzene ring substituents is 1. The molecule has 0 aromatic heterocycles. The van der Waals surface area contributed by atoms with Gasteiger partial charge >= 0.3 is 0 Å². The molecule has 0 spiro atoms. The fraction of sp³-hybridized carbons (Fsp3) is 0.538. The van der Waals surface area contributed by atoms with Crippen LogP contribution in [0.1, 0.15) is 42.9 Å². The second-order valence-corrected chi connectivity index (χ2v) is 4.62. The minimum Gasteiger partial charge on any atom is -0.310 e. The van der Waals surface area contributed by atoms with Crippen molar-refractivity contribution in [2.24, 2.45) is 0 Å². The lowest BCUT2D eigenvalue weighted by Gasteiger charge is -2.18. The lowest BCUT2D eigenvalue weighted by atomic mass is 9.96. The molecular formula is C13H18N2O2. The van der Waals surface area contributed by atoms with E-state index in [0.717, 1.165) is 36.9 Å². The van der Waals surface area contributed by atoms with Gasteiger partial charge in [-0.15, -0.1) is 0 Å². The first kappa shape index (κ1) is 12.0. The van der Waals surface area contributed by atoms with Crippen LogP contribution in [0.2, 0.25) is 0 Å². The molecule has 0 saturated carbocycles. The minimum absolute atomic E-state index is 0.138. The van der Waals surface area contributed by atoms with Crippen LogP contribution in [0.15, 0.2) is 18.2 Å². The van der Waals surface area contributed by atoms with Gasteiger partial charge in [-0.25, -0.2) is 0 Å². The molecular weight excluding hydrogens is 216 g/mol. The third kappa shape index (κ3) is 2.64. The van der Waals surface area contributed by atoms with Gasteiger partial charge in [0.2, 0.25) is 0 Å². The molecule has 1 aromatic rings. The van der Waals surface area contributed by atoms with Crippen LogP contribution in [0.5, 0.6) is 0 Å². The first-order chi connectivity index (χ1) is 8.20. The van der Waals surface area contributed by atoms with Gasteiger partial charge in [0, 0.05) is 17.7 Å². The lowest BCUT2D eigenvalue weighted by Crippen LogP contribution is -2.22. The third-order valence-corrected chi connectivity index (χ3v) is 3.41. The molecule has 17 heavy (non-hydrogen) atoms. The van der Waals surface area contributed by atoms with Gasteiger partial charge in [-0.3, -0.25) is 10.1 Å². The summed E-state index contributed by atoms with van der Waals surface area (Å²) in [5.41, 5.74) is 2.14. The summed E-state index contributed by atoms with van der Waals surface area (Å²) in [6.45, 7) is 2.91. The predicted molar refractivity (Wildman–Crippen MR) is 67.0 cm³/mol. The molecule has 1 aromatic carbocycles. The monoisotopic (exact) mass is 234 g/mol. The van der Waals surface area contributed by atoms with Crippen LogP contribution in [0.25, 0.3) is 0 Å². The van der Waals surface area contributed by atoms with E-state index in [4.69, 9.17) is 0 Å². The Morgan fingerprint density at radius 2 is 2.18 bits per heavy atom. The van der Waals surface area contributed by atoms with Gasteiger partial charge in [0.05, 0.1) is 4.92 Å². The van der Waals surface area contributed by atoms with E-state index in [1.807, 2.05) is 13.0 Å². The number of nitrogens with one attached hydrogen (secondary N) is 1. The highest BCUT2D eigenvalue weighted by atomic mass is 16.6. The largest absolute Gasteiger partial charge is 0.310 e. The molecule has 1 saturated heterocycles. The van der Waals surface area contributed by atoms with Gasteiger partial charge in [0.15, 0.2) is 0 Å². The van der Waals surface area contributed by atoms with Crippen LogP contribution in [0, 0.1) is 17.0 Å². The number of nitrogens with zero attached hydrogens (tertiary/aromatic N) is 1. The molecule has 1 aliphatic rings. The standard InChI is InChI=1S/C13H18N2O2/c1-10-6-5-8-12(15(16)17)13(10)11-7-3-2-4-9-14-11/h5-6,8,11,14H,2-4,7,9H2,1H3. The molecule has 0 amide bonds. The Kier molecular flexibility index (Phi) is 3.74. The van der Waals surface area contributed by atoms with Crippen molar-refractivity contribution in [3.63, 3.8) is 0 Å². The summed E-state index contributed by atoms with van der Waals surface area (Å²) in [7, 11) is 0. The maximum Gasteiger partial charge on any atom is 0.274 e. The van der Waals surface area contributed by atoms with Crippen molar-refractivity contribution in [3.8, 4) is 0 Å². The van der Waals surface area contributed by atoms with Gasteiger partial charge in [-0.05, 0) is 31.9 Å². The van der Waals surface area contributed by atoms with E-state index in [0.29, 0.717) is 0 Å². The van der Waals surface area contributed by atoms with Crippen molar-refractivity contribution in [1.82, 2.24) is 5.32 Å². The number of hydrogen-bond acceptors (Lipinski definition) is 3. The van der Waals surface area contributed by atoms with Crippen LogP contribution >= 0.6 is 0 Å². The minimum atomic E-state index is -0.269. The van der Waals surface area contributed by atoms with Crippen LogP contribution in [0.4, 0.5) is 5.69 Å². The van der Waals surface area contributed by atoms with E-state index in [2.05, 4.69) is 5.32 Å². The molecule has 1 atom stereocenters. The summed E-state index contributed by atoms with van der Waals surface area (Å²) in [4.78, 5) is 10.8. The van der Waals surface area contributed by atoms with E-state index >= 15 is 0 Å². The summed E-state index contributed by atoms with van der Waals surface area (Å²) < 4.78 is 0. The fourth-order valence-corrected chi connectivity index (χ4v) is 2.55. The summed E-state index contributed by atoms with van der Waals surface area (Å²) >= 11 is 0. The summed E-state index contributed by atoms with van der Waals surface area (Å²) in [5, 5.41) is 14.5. The van der Waals surface area contributed by atoms with Crippen LogP contribution in [-0.4, -0.2) is 11.5 Å². The zero-order valence-electron chi connectivity index (χ0n) is 10.1. The Hall–Kier alpha value is -1.42.